The van der Waals surface area contributed by atoms with E-state index in [4.69, 9.17) is 5.73 Å². The van der Waals surface area contributed by atoms with Crippen molar-refractivity contribution in [1.82, 2.24) is 9.78 Å². The SMILES string of the molecule is CCn1nc(C)c(N)c1N1CCC(C)(C)CC1. The van der Waals surface area contributed by atoms with E-state index < -0.39 is 0 Å². The lowest BCUT2D eigenvalue weighted by atomic mass is 9.83. The predicted octanol–water partition coefficient (Wildman–Crippen LogP) is 2.42. The molecular formula is C13H24N4. The third-order valence-corrected chi connectivity index (χ3v) is 3.86. The molecule has 1 saturated heterocycles. The second kappa shape index (κ2) is 4.24. The molecular weight excluding hydrogens is 212 g/mol. The number of aromatic nitrogens is 2. The van der Waals surface area contributed by atoms with Gasteiger partial charge in [-0.3, -0.25) is 0 Å². The molecule has 0 aromatic carbocycles. The van der Waals surface area contributed by atoms with E-state index >= 15 is 0 Å². The number of anilines is 2. The Bertz CT molecular complexity index is 396. The number of hydrogen-bond donors (Lipinski definition) is 1. The van der Waals surface area contributed by atoms with Gasteiger partial charge in [0.15, 0.2) is 5.82 Å². The van der Waals surface area contributed by atoms with E-state index in [0.717, 1.165) is 36.8 Å². The highest BCUT2D eigenvalue weighted by Gasteiger charge is 2.28. The number of rotatable bonds is 2. The normalized spacial score (nSPS) is 19.6. The van der Waals surface area contributed by atoms with Gasteiger partial charge in [-0.2, -0.15) is 5.10 Å². The van der Waals surface area contributed by atoms with Crippen LogP contribution in [0.2, 0.25) is 0 Å². The maximum absolute atomic E-state index is 6.15. The Hall–Kier alpha value is -1.19. The number of aryl methyl sites for hydroxylation is 2. The zero-order chi connectivity index (χ0) is 12.6. The van der Waals surface area contributed by atoms with Gasteiger partial charge in [-0.25, -0.2) is 4.68 Å². The topological polar surface area (TPSA) is 47.1 Å². The number of nitrogens with zero attached hydrogens (tertiary/aromatic N) is 3. The standard InChI is InChI=1S/C13H24N4/c1-5-17-12(11(14)10(2)15-17)16-8-6-13(3,4)7-9-16/h5-9,14H2,1-4H3. The van der Waals surface area contributed by atoms with Crippen molar-refractivity contribution in [2.24, 2.45) is 5.41 Å². The van der Waals surface area contributed by atoms with E-state index in [0.29, 0.717) is 5.41 Å². The monoisotopic (exact) mass is 236 g/mol. The molecule has 0 unspecified atom stereocenters. The largest absolute Gasteiger partial charge is 0.394 e. The Morgan fingerprint density at radius 1 is 1.29 bits per heavy atom. The van der Waals surface area contributed by atoms with Gasteiger partial charge in [-0.1, -0.05) is 13.8 Å². The van der Waals surface area contributed by atoms with E-state index in [1.165, 1.54) is 12.8 Å². The summed E-state index contributed by atoms with van der Waals surface area (Å²) in [7, 11) is 0. The lowest BCUT2D eigenvalue weighted by molar-refractivity contribution is 0.278. The van der Waals surface area contributed by atoms with Crippen molar-refractivity contribution in [3.8, 4) is 0 Å². The molecule has 0 saturated carbocycles. The first-order valence-corrected chi connectivity index (χ1v) is 6.52. The van der Waals surface area contributed by atoms with Crippen molar-refractivity contribution < 1.29 is 0 Å². The Morgan fingerprint density at radius 2 is 1.88 bits per heavy atom. The van der Waals surface area contributed by atoms with Crippen molar-refractivity contribution in [3.05, 3.63) is 5.69 Å². The van der Waals surface area contributed by atoms with Crippen LogP contribution in [0.1, 0.15) is 39.3 Å². The maximum Gasteiger partial charge on any atom is 0.150 e. The van der Waals surface area contributed by atoms with Crippen LogP contribution in [0.4, 0.5) is 11.5 Å². The van der Waals surface area contributed by atoms with Gasteiger partial charge in [0, 0.05) is 19.6 Å². The molecule has 4 heteroatoms. The van der Waals surface area contributed by atoms with E-state index in [9.17, 15) is 0 Å². The highest BCUT2D eigenvalue weighted by atomic mass is 15.4. The van der Waals surface area contributed by atoms with Gasteiger partial charge in [0.1, 0.15) is 0 Å². The van der Waals surface area contributed by atoms with Gasteiger partial charge >= 0.3 is 0 Å². The fourth-order valence-corrected chi connectivity index (χ4v) is 2.46. The van der Waals surface area contributed by atoms with Crippen LogP contribution in [0.5, 0.6) is 0 Å². The molecule has 1 aliphatic rings. The van der Waals surface area contributed by atoms with E-state index in [-0.39, 0.29) is 0 Å². The molecule has 96 valence electrons. The van der Waals surface area contributed by atoms with Crippen LogP contribution in [0.15, 0.2) is 0 Å². The molecule has 17 heavy (non-hydrogen) atoms. The molecule has 1 fully saturated rings. The van der Waals surface area contributed by atoms with Crippen LogP contribution in [0.3, 0.4) is 0 Å². The molecule has 1 aromatic heterocycles. The Labute approximate surface area is 104 Å². The molecule has 0 bridgehead atoms. The van der Waals surface area contributed by atoms with Crippen molar-refractivity contribution in [2.75, 3.05) is 23.7 Å². The molecule has 2 N–H and O–H groups in total. The third kappa shape index (κ3) is 2.26. The highest BCUT2D eigenvalue weighted by Crippen LogP contribution is 2.35. The molecule has 2 heterocycles. The fraction of sp³-hybridized carbons (Fsp3) is 0.769. The molecule has 0 amide bonds. The Morgan fingerprint density at radius 3 is 2.41 bits per heavy atom. The van der Waals surface area contributed by atoms with Crippen LogP contribution in [0, 0.1) is 12.3 Å². The highest BCUT2D eigenvalue weighted by molar-refractivity contribution is 5.66. The van der Waals surface area contributed by atoms with E-state index in [1.54, 1.807) is 0 Å². The van der Waals surface area contributed by atoms with Crippen LogP contribution in [-0.4, -0.2) is 22.9 Å². The summed E-state index contributed by atoms with van der Waals surface area (Å²) in [6, 6.07) is 0. The first-order chi connectivity index (χ1) is 7.94. The minimum absolute atomic E-state index is 0.470. The minimum atomic E-state index is 0.470. The van der Waals surface area contributed by atoms with Gasteiger partial charge in [0.2, 0.25) is 0 Å². The summed E-state index contributed by atoms with van der Waals surface area (Å²) in [6.45, 7) is 11.8. The lowest BCUT2D eigenvalue weighted by Gasteiger charge is -2.38. The quantitative estimate of drug-likeness (QED) is 0.858. The van der Waals surface area contributed by atoms with E-state index in [2.05, 4.69) is 30.8 Å². The molecule has 0 atom stereocenters. The number of hydrogen-bond acceptors (Lipinski definition) is 3. The first-order valence-electron chi connectivity index (χ1n) is 6.52. The smallest absolute Gasteiger partial charge is 0.150 e. The fourth-order valence-electron chi connectivity index (χ4n) is 2.46. The second-order valence-electron chi connectivity index (χ2n) is 5.79. The number of nitrogens with two attached hydrogens (primary N) is 1. The third-order valence-electron chi connectivity index (χ3n) is 3.86. The zero-order valence-electron chi connectivity index (χ0n) is 11.5. The molecule has 1 aromatic rings. The van der Waals surface area contributed by atoms with Gasteiger partial charge in [0.05, 0.1) is 11.4 Å². The molecule has 1 aliphatic heterocycles. The summed E-state index contributed by atoms with van der Waals surface area (Å²) in [4.78, 5) is 2.39. The summed E-state index contributed by atoms with van der Waals surface area (Å²) >= 11 is 0. The summed E-state index contributed by atoms with van der Waals surface area (Å²) in [5.41, 5.74) is 8.43. The van der Waals surface area contributed by atoms with Crippen molar-refractivity contribution in [1.29, 1.82) is 0 Å². The first kappa shape index (κ1) is 12.3. The Balaban J connectivity index is 2.23. The van der Waals surface area contributed by atoms with Crippen LogP contribution in [0.25, 0.3) is 0 Å². The number of piperidine rings is 1. The van der Waals surface area contributed by atoms with Gasteiger partial charge in [0.25, 0.3) is 0 Å². The average Bonchev–Trinajstić information content (AvgIpc) is 2.56. The average molecular weight is 236 g/mol. The van der Waals surface area contributed by atoms with Crippen molar-refractivity contribution in [3.63, 3.8) is 0 Å². The minimum Gasteiger partial charge on any atom is -0.394 e. The lowest BCUT2D eigenvalue weighted by Crippen LogP contribution is -2.38. The van der Waals surface area contributed by atoms with Crippen LogP contribution in [-0.2, 0) is 6.54 Å². The summed E-state index contributed by atoms with van der Waals surface area (Å²) in [5, 5.41) is 4.49. The predicted molar refractivity (Wildman–Crippen MR) is 72.3 cm³/mol. The van der Waals surface area contributed by atoms with Gasteiger partial charge < -0.3 is 10.6 Å². The van der Waals surface area contributed by atoms with Gasteiger partial charge in [-0.15, -0.1) is 0 Å². The molecule has 2 rings (SSSR count). The molecule has 0 spiro atoms. The summed E-state index contributed by atoms with van der Waals surface area (Å²) in [5.74, 6) is 1.13. The summed E-state index contributed by atoms with van der Waals surface area (Å²) < 4.78 is 2.03. The molecule has 4 nitrogen and oxygen atoms in total. The zero-order valence-corrected chi connectivity index (χ0v) is 11.5. The maximum atomic E-state index is 6.15. The Kier molecular flexibility index (Phi) is 3.06. The van der Waals surface area contributed by atoms with Crippen LogP contribution >= 0.6 is 0 Å². The number of nitrogen functional groups attached to an aromatic ring is 1. The van der Waals surface area contributed by atoms with Crippen molar-refractivity contribution >= 4 is 11.5 Å². The second-order valence-corrected chi connectivity index (χ2v) is 5.79. The molecule has 0 aliphatic carbocycles. The van der Waals surface area contributed by atoms with Crippen molar-refractivity contribution in [2.45, 2.75) is 47.1 Å². The van der Waals surface area contributed by atoms with E-state index in [1.807, 2.05) is 11.6 Å². The van der Waals surface area contributed by atoms with Gasteiger partial charge in [-0.05, 0) is 32.1 Å². The van der Waals surface area contributed by atoms with Crippen LogP contribution < -0.4 is 10.6 Å². The molecule has 0 radical (unpaired) electrons. The summed E-state index contributed by atoms with van der Waals surface area (Å²) in [6.07, 6.45) is 2.45.